The van der Waals surface area contributed by atoms with Crippen LogP contribution in [0.2, 0.25) is 0 Å². The molecular formula is C16H24N2O2. The van der Waals surface area contributed by atoms with Crippen LogP contribution in [0.4, 0.5) is 0 Å². The number of rotatable bonds is 5. The molecule has 1 aliphatic heterocycles. The van der Waals surface area contributed by atoms with Crippen LogP contribution in [-0.2, 0) is 11.2 Å². The fraction of sp³-hybridized carbons (Fsp3) is 0.562. The van der Waals surface area contributed by atoms with Crippen LogP contribution < -0.4 is 15.8 Å². The van der Waals surface area contributed by atoms with E-state index in [1.54, 1.807) is 0 Å². The summed E-state index contributed by atoms with van der Waals surface area (Å²) in [5.41, 5.74) is 6.73. The Morgan fingerprint density at radius 1 is 1.45 bits per heavy atom. The highest BCUT2D eigenvalue weighted by Gasteiger charge is 2.27. The molecule has 0 saturated carbocycles. The Kier molecular flexibility index (Phi) is 4.65. The molecule has 3 N–H and O–H groups in total. The first-order valence-corrected chi connectivity index (χ1v) is 7.20. The Bertz CT molecular complexity index is 471. The van der Waals surface area contributed by atoms with E-state index >= 15 is 0 Å². The number of benzene rings is 1. The first kappa shape index (κ1) is 14.9. The van der Waals surface area contributed by atoms with Crippen molar-refractivity contribution >= 4 is 5.91 Å². The minimum atomic E-state index is -0.0985. The van der Waals surface area contributed by atoms with E-state index in [0.29, 0.717) is 19.7 Å². The van der Waals surface area contributed by atoms with Gasteiger partial charge in [-0.1, -0.05) is 32.0 Å². The first-order valence-electron chi connectivity index (χ1n) is 7.20. The fourth-order valence-corrected chi connectivity index (χ4v) is 2.45. The van der Waals surface area contributed by atoms with Crippen molar-refractivity contribution in [3.63, 3.8) is 0 Å². The topological polar surface area (TPSA) is 64.3 Å². The summed E-state index contributed by atoms with van der Waals surface area (Å²) in [4.78, 5) is 12.2. The summed E-state index contributed by atoms with van der Waals surface area (Å²) < 4.78 is 5.66. The van der Waals surface area contributed by atoms with Gasteiger partial charge in [-0.3, -0.25) is 4.79 Å². The van der Waals surface area contributed by atoms with Crippen molar-refractivity contribution < 1.29 is 9.53 Å². The number of nitrogens with two attached hydrogens (primary N) is 1. The van der Waals surface area contributed by atoms with Crippen molar-refractivity contribution in [3.05, 3.63) is 29.8 Å². The molecule has 1 atom stereocenters. The molecule has 0 saturated heterocycles. The molecule has 0 aliphatic carbocycles. The lowest BCUT2D eigenvalue weighted by Gasteiger charge is -2.28. The molecule has 2 rings (SSSR count). The van der Waals surface area contributed by atoms with Crippen LogP contribution in [0.1, 0.15) is 25.8 Å². The number of fused-ring (bicyclic) bond motifs is 1. The van der Waals surface area contributed by atoms with Crippen molar-refractivity contribution in [2.75, 3.05) is 19.7 Å². The third-order valence-corrected chi connectivity index (χ3v) is 3.81. The maximum atomic E-state index is 12.2. The Morgan fingerprint density at radius 3 is 2.95 bits per heavy atom. The number of carbonyl (C=O) groups is 1. The lowest BCUT2D eigenvalue weighted by molar-refractivity contribution is -0.126. The van der Waals surface area contributed by atoms with Crippen molar-refractivity contribution in [1.29, 1.82) is 0 Å². The van der Waals surface area contributed by atoms with Gasteiger partial charge in [-0.2, -0.15) is 0 Å². The van der Waals surface area contributed by atoms with Crippen molar-refractivity contribution in [2.24, 2.45) is 17.1 Å². The van der Waals surface area contributed by atoms with Gasteiger partial charge in [-0.15, -0.1) is 0 Å². The van der Waals surface area contributed by atoms with Crippen LogP contribution in [0.5, 0.6) is 5.75 Å². The minimum absolute atomic E-state index is 0.0395. The predicted molar refractivity (Wildman–Crippen MR) is 79.6 cm³/mol. The molecule has 110 valence electrons. The van der Waals surface area contributed by atoms with Crippen molar-refractivity contribution in [1.82, 2.24) is 5.32 Å². The second-order valence-corrected chi connectivity index (χ2v) is 6.24. The van der Waals surface area contributed by atoms with Gasteiger partial charge in [0.1, 0.15) is 12.4 Å². The summed E-state index contributed by atoms with van der Waals surface area (Å²) in [7, 11) is 0. The van der Waals surface area contributed by atoms with E-state index in [9.17, 15) is 4.79 Å². The maximum Gasteiger partial charge on any atom is 0.226 e. The van der Waals surface area contributed by atoms with E-state index in [2.05, 4.69) is 19.2 Å². The first-order chi connectivity index (χ1) is 9.52. The van der Waals surface area contributed by atoms with E-state index in [4.69, 9.17) is 10.5 Å². The molecular weight excluding hydrogens is 252 g/mol. The molecule has 1 aromatic carbocycles. The molecule has 0 fully saturated rings. The standard InChI is InChI=1S/C16H24N2O2/c1-16(2,7-8-17)11-18-15(19)13-9-12-5-3-4-6-14(12)20-10-13/h3-6,13H,7-11,17H2,1-2H3,(H,18,19). The molecule has 1 aliphatic rings. The molecule has 20 heavy (non-hydrogen) atoms. The summed E-state index contributed by atoms with van der Waals surface area (Å²) in [5, 5.41) is 3.03. The minimum Gasteiger partial charge on any atom is -0.492 e. The van der Waals surface area contributed by atoms with E-state index in [-0.39, 0.29) is 17.2 Å². The number of hydrogen-bond acceptors (Lipinski definition) is 3. The summed E-state index contributed by atoms with van der Waals surface area (Å²) in [6, 6.07) is 7.91. The summed E-state index contributed by atoms with van der Waals surface area (Å²) >= 11 is 0. The van der Waals surface area contributed by atoms with Crippen LogP contribution in [-0.4, -0.2) is 25.6 Å². The van der Waals surface area contributed by atoms with E-state index in [1.165, 1.54) is 0 Å². The highest BCUT2D eigenvalue weighted by atomic mass is 16.5. The van der Waals surface area contributed by atoms with Gasteiger partial charge in [0.15, 0.2) is 0 Å². The van der Waals surface area contributed by atoms with E-state index in [0.717, 1.165) is 24.2 Å². The molecule has 4 nitrogen and oxygen atoms in total. The van der Waals surface area contributed by atoms with Gasteiger partial charge in [0.2, 0.25) is 5.91 Å². The Hall–Kier alpha value is -1.55. The maximum absolute atomic E-state index is 12.2. The number of ether oxygens (including phenoxy) is 1. The third-order valence-electron chi connectivity index (χ3n) is 3.81. The van der Waals surface area contributed by atoms with Crippen LogP contribution >= 0.6 is 0 Å². The molecule has 0 bridgehead atoms. The molecule has 4 heteroatoms. The zero-order valence-corrected chi connectivity index (χ0v) is 12.3. The number of para-hydroxylation sites is 1. The van der Waals surface area contributed by atoms with Crippen LogP contribution in [0.25, 0.3) is 0 Å². The highest BCUT2D eigenvalue weighted by Crippen LogP contribution is 2.27. The van der Waals surface area contributed by atoms with Crippen LogP contribution in [0, 0.1) is 11.3 Å². The van der Waals surface area contributed by atoms with Crippen molar-refractivity contribution in [2.45, 2.75) is 26.7 Å². The molecule has 1 aromatic rings. The second-order valence-electron chi connectivity index (χ2n) is 6.24. The molecule has 0 radical (unpaired) electrons. The molecule has 1 unspecified atom stereocenters. The SMILES string of the molecule is CC(C)(CCN)CNC(=O)C1COc2ccccc2C1. The highest BCUT2D eigenvalue weighted by molar-refractivity contribution is 5.79. The van der Waals surface area contributed by atoms with Gasteiger partial charge in [0, 0.05) is 6.54 Å². The smallest absolute Gasteiger partial charge is 0.226 e. The predicted octanol–water partition coefficient (Wildman–Crippen LogP) is 1.73. The lowest BCUT2D eigenvalue weighted by atomic mass is 9.89. The Labute approximate surface area is 120 Å². The summed E-state index contributed by atoms with van der Waals surface area (Å²) in [5.74, 6) is 0.878. The van der Waals surface area contributed by atoms with Gasteiger partial charge in [0.05, 0.1) is 5.92 Å². The fourth-order valence-electron chi connectivity index (χ4n) is 2.45. The van der Waals surface area contributed by atoms with Gasteiger partial charge in [0.25, 0.3) is 0 Å². The summed E-state index contributed by atoms with van der Waals surface area (Å²) in [6.07, 6.45) is 1.65. The van der Waals surface area contributed by atoms with Crippen molar-refractivity contribution in [3.8, 4) is 5.75 Å². The number of amides is 1. The van der Waals surface area contributed by atoms with Crippen LogP contribution in [0.3, 0.4) is 0 Å². The quantitative estimate of drug-likeness (QED) is 0.861. The van der Waals surface area contributed by atoms with E-state index < -0.39 is 0 Å². The summed E-state index contributed by atoms with van der Waals surface area (Å²) in [6.45, 7) is 5.99. The normalized spacial score (nSPS) is 18.1. The van der Waals surface area contributed by atoms with Gasteiger partial charge < -0.3 is 15.8 Å². The molecule has 0 spiro atoms. The third kappa shape index (κ3) is 3.73. The monoisotopic (exact) mass is 276 g/mol. The zero-order valence-electron chi connectivity index (χ0n) is 12.3. The molecule has 1 amide bonds. The van der Waals surface area contributed by atoms with Gasteiger partial charge in [-0.25, -0.2) is 0 Å². The Balaban J connectivity index is 1.89. The Morgan fingerprint density at radius 2 is 2.20 bits per heavy atom. The van der Waals surface area contributed by atoms with Gasteiger partial charge >= 0.3 is 0 Å². The average Bonchev–Trinajstić information content (AvgIpc) is 2.44. The average molecular weight is 276 g/mol. The second kappa shape index (κ2) is 6.27. The molecule has 0 aromatic heterocycles. The zero-order chi connectivity index (χ0) is 14.6. The lowest BCUT2D eigenvalue weighted by Crippen LogP contribution is -2.41. The van der Waals surface area contributed by atoms with Crippen LogP contribution in [0.15, 0.2) is 24.3 Å². The number of hydrogen-bond donors (Lipinski definition) is 2. The number of carbonyl (C=O) groups excluding carboxylic acids is 1. The number of nitrogens with one attached hydrogen (secondary N) is 1. The van der Waals surface area contributed by atoms with Gasteiger partial charge in [-0.05, 0) is 36.4 Å². The molecule has 1 heterocycles. The largest absolute Gasteiger partial charge is 0.492 e. The van der Waals surface area contributed by atoms with E-state index in [1.807, 2.05) is 24.3 Å².